The maximum absolute atomic E-state index is 10.9. The number of benzene rings is 1. The second-order valence-corrected chi connectivity index (χ2v) is 5.60. The average Bonchev–Trinajstić information content (AvgIpc) is 2.81. The number of aryl methyl sites for hydroxylation is 1. The van der Waals surface area contributed by atoms with Crippen molar-refractivity contribution in [1.82, 2.24) is 0 Å². The van der Waals surface area contributed by atoms with Gasteiger partial charge in [0.2, 0.25) is 0 Å². The Morgan fingerprint density at radius 1 is 1.30 bits per heavy atom. The van der Waals surface area contributed by atoms with Crippen LogP contribution in [0.25, 0.3) is 0 Å². The third-order valence-electron chi connectivity index (χ3n) is 2.89. The number of hydrogen-bond acceptors (Lipinski definition) is 4. The summed E-state index contributed by atoms with van der Waals surface area (Å²) >= 11 is 1.28. The smallest absolute Gasteiger partial charge is 0.345 e. The summed E-state index contributed by atoms with van der Waals surface area (Å²) in [5, 5.41) is 8.94. The van der Waals surface area contributed by atoms with Gasteiger partial charge >= 0.3 is 5.97 Å². The number of carbonyl (C=O) groups is 1. The Morgan fingerprint density at radius 3 is 2.75 bits per heavy atom. The summed E-state index contributed by atoms with van der Waals surface area (Å²) in [6, 6.07) is 9.35. The molecule has 2 aromatic rings. The topological polar surface area (TPSA) is 55.8 Å². The predicted molar refractivity (Wildman–Crippen MR) is 77.5 cm³/mol. The van der Waals surface area contributed by atoms with Crippen LogP contribution < -0.4 is 4.74 Å². The van der Waals surface area contributed by atoms with Gasteiger partial charge in [-0.15, -0.1) is 11.3 Å². The molecule has 20 heavy (non-hydrogen) atoms. The fraction of sp³-hybridized carbons (Fsp3) is 0.267. The molecule has 0 unspecified atom stereocenters. The molecule has 0 saturated carbocycles. The van der Waals surface area contributed by atoms with Gasteiger partial charge in [-0.05, 0) is 36.2 Å². The Hall–Kier alpha value is -1.85. The Bertz CT molecular complexity index is 604. The zero-order valence-corrected chi connectivity index (χ0v) is 12.2. The molecule has 0 amide bonds. The lowest BCUT2D eigenvalue weighted by atomic mass is 10.2. The minimum absolute atomic E-state index is 0.350. The van der Waals surface area contributed by atoms with Crippen molar-refractivity contribution in [1.29, 1.82) is 0 Å². The number of aromatic carboxylic acids is 1. The van der Waals surface area contributed by atoms with E-state index in [1.807, 2.05) is 31.2 Å². The van der Waals surface area contributed by atoms with Crippen molar-refractivity contribution < 1.29 is 19.4 Å². The molecular formula is C15H16O4S. The maximum Gasteiger partial charge on any atom is 0.345 e. The van der Waals surface area contributed by atoms with Crippen LogP contribution in [0.4, 0.5) is 0 Å². The van der Waals surface area contributed by atoms with Gasteiger partial charge in [-0.3, -0.25) is 0 Å². The fourth-order valence-electron chi connectivity index (χ4n) is 1.81. The van der Waals surface area contributed by atoms with Crippen LogP contribution in [0.3, 0.4) is 0 Å². The summed E-state index contributed by atoms with van der Waals surface area (Å²) in [5.74, 6) is -0.0943. The molecule has 0 saturated heterocycles. The van der Waals surface area contributed by atoms with Gasteiger partial charge in [0.25, 0.3) is 0 Å². The summed E-state index contributed by atoms with van der Waals surface area (Å²) in [6.07, 6.45) is 0. The van der Waals surface area contributed by atoms with Crippen LogP contribution in [-0.2, 0) is 18.0 Å². The molecule has 4 nitrogen and oxygen atoms in total. The first-order chi connectivity index (χ1) is 9.60. The lowest BCUT2D eigenvalue weighted by molar-refractivity contribution is 0.0701. The van der Waals surface area contributed by atoms with Gasteiger partial charge in [-0.25, -0.2) is 4.79 Å². The molecule has 106 valence electrons. The van der Waals surface area contributed by atoms with E-state index in [9.17, 15) is 4.79 Å². The molecule has 0 aliphatic heterocycles. The van der Waals surface area contributed by atoms with Gasteiger partial charge in [0, 0.05) is 4.88 Å². The van der Waals surface area contributed by atoms with Gasteiger partial charge in [0.1, 0.15) is 10.6 Å². The molecule has 0 fully saturated rings. The van der Waals surface area contributed by atoms with Gasteiger partial charge in [-0.2, -0.15) is 0 Å². The van der Waals surface area contributed by atoms with Crippen LogP contribution in [0.2, 0.25) is 0 Å². The van der Waals surface area contributed by atoms with Crippen LogP contribution in [0.15, 0.2) is 30.3 Å². The largest absolute Gasteiger partial charge is 0.497 e. The SMILES string of the molecule is COc1cccc(COCc2cc(C(=O)O)sc2C)c1. The molecule has 1 aromatic heterocycles. The van der Waals surface area contributed by atoms with E-state index in [0.29, 0.717) is 18.1 Å². The molecular weight excluding hydrogens is 276 g/mol. The highest BCUT2D eigenvalue weighted by Gasteiger charge is 2.10. The van der Waals surface area contributed by atoms with Crippen LogP contribution >= 0.6 is 11.3 Å². The standard InChI is InChI=1S/C15H16O4S/c1-10-12(7-14(20-10)15(16)17)9-19-8-11-4-3-5-13(6-11)18-2/h3-7H,8-9H2,1-2H3,(H,16,17). The molecule has 2 rings (SSSR count). The van der Waals surface area contributed by atoms with Crippen LogP contribution in [0.1, 0.15) is 25.7 Å². The minimum Gasteiger partial charge on any atom is -0.497 e. The summed E-state index contributed by atoms with van der Waals surface area (Å²) in [6.45, 7) is 2.78. The molecule has 0 atom stereocenters. The molecule has 1 aromatic carbocycles. The number of ether oxygens (including phenoxy) is 2. The number of methoxy groups -OCH3 is 1. The first kappa shape index (κ1) is 14.6. The molecule has 0 spiro atoms. The highest BCUT2D eigenvalue weighted by molar-refractivity contribution is 7.14. The van der Waals surface area contributed by atoms with Crippen molar-refractivity contribution in [3.8, 4) is 5.75 Å². The fourth-order valence-corrected chi connectivity index (χ4v) is 2.68. The Morgan fingerprint density at radius 2 is 2.10 bits per heavy atom. The van der Waals surface area contributed by atoms with E-state index in [1.54, 1.807) is 13.2 Å². The van der Waals surface area contributed by atoms with Crippen molar-refractivity contribution in [2.24, 2.45) is 0 Å². The van der Waals surface area contributed by atoms with Crippen molar-refractivity contribution >= 4 is 17.3 Å². The van der Waals surface area contributed by atoms with Gasteiger partial charge in [0.15, 0.2) is 0 Å². The van der Waals surface area contributed by atoms with Crippen molar-refractivity contribution in [2.45, 2.75) is 20.1 Å². The number of carboxylic acids is 1. The number of hydrogen-bond donors (Lipinski definition) is 1. The second kappa shape index (κ2) is 6.54. The molecule has 0 bridgehead atoms. The molecule has 0 radical (unpaired) electrons. The maximum atomic E-state index is 10.9. The van der Waals surface area contributed by atoms with Crippen molar-refractivity contribution in [3.63, 3.8) is 0 Å². The lowest BCUT2D eigenvalue weighted by Gasteiger charge is -2.06. The molecule has 0 aliphatic rings. The Kier molecular flexibility index (Phi) is 4.76. The molecule has 5 heteroatoms. The second-order valence-electron chi connectivity index (χ2n) is 4.34. The van der Waals surface area contributed by atoms with E-state index in [2.05, 4.69) is 0 Å². The lowest BCUT2D eigenvalue weighted by Crippen LogP contribution is -1.95. The highest BCUT2D eigenvalue weighted by Crippen LogP contribution is 2.23. The third kappa shape index (κ3) is 3.59. The number of thiophene rings is 1. The van der Waals surface area contributed by atoms with Crippen LogP contribution in [-0.4, -0.2) is 18.2 Å². The molecule has 1 heterocycles. The van der Waals surface area contributed by atoms with Gasteiger partial charge in [0.05, 0.1) is 20.3 Å². The van der Waals surface area contributed by atoms with E-state index in [0.717, 1.165) is 21.8 Å². The Labute approximate surface area is 121 Å². The van der Waals surface area contributed by atoms with E-state index >= 15 is 0 Å². The summed E-state index contributed by atoms with van der Waals surface area (Å²) < 4.78 is 10.8. The monoisotopic (exact) mass is 292 g/mol. The quantitative estimate of drug-likeness (QED) is 0.885. The van der Waals surface area contributed by atoms with Crippen molar-refractivity contribution in [3.05, 3.63) is 51.2 Å². The molecule has 1 N–H and O–H groups in total. The summed E-state index contributed by atoms with van der Waals surface area (Å²) in [7, 11) is 1.63. The summed E-state index contributed by atoms with van der Waals surface area (Å²) in [5.41, 5.74) is 1.95. The van der Waals surface area contributed by atoms with E-state index < -0.39 is 5.97 Å². The zero-order chi connectivity index (χ0) is 14.5. The van der Waals surface area contributed by atoms with E-state index in [1.165, 1.54) is 11.3 Å². The highest BCUT2D eigenvalue weighted by atomic mass is 32.1. The van der Waals surface area contributed by atoms with Gasteiger partial charge < -0.3 is 14.6 Å². The normalized spacial score (nSPS) is 10.5. The van der Waals surface area contributed by atoms with Crippen LogP contribution in [0, 0.1) is 6.92 Å². The van der Waals surface area contributed by atoms with E-state index in [-0.39, 0.29) is 0 Å². The number of carboxylic acid groups (broad SMARTS) is 1. The Balaban J connectivity index is 1.94. The van der Waals surface area contributed by atoms with Gasteiger partial charge in [-0.1, -0.05) is 12.1 Å². The van der Waals surface area contributed by atoms with Crippen LogP contribution in [0.5, 0.6) is 5.75 Å². The summed E-state index contributed by atoms with van der Waals surface area (Å²) in [4.78, 5) is 12.2. The third-order valence-corrected chi connectivity index (χ3v) is 3.97. The minimum atomic E-state index is -0.892. The first-order valence-electron chi connectivity index (χ1n) is 6.13. The molecule has 0 aliphatic carbocycles. The predicted octanol–water partition coefficient (Wildman–Crippen LogP) is 3.48. The van der Waals surface area contributed by atoms with E-state index in [4.69, 9.17) is 14.6 Å². The zero-order valence-electron chi connectivity index (χ0n) is 11.4. The number of rotatable bonds is 6. The van der Waals surface area contributed by atoms with Crippen molar-refractivity contribution in [2.75, 3.05) is 7.11 Å². The first-order valence-corrected chi connectivity index (χ1v) is 6.95. The average molecular weight is 292 g/mol.